The quantitative estimate of drug-likeness (QED) is 0.748. The van der Waals surface area contributed by atoms with Crippen molar-refractivity contribution >= 4 is 27.4 Å². The van der Waals surface area contributed by atoms with Crippen LogP contribution in [0.5, 0.6) is 0 Å². The maximum absolute atomic E-state index is 11.7. The van der Waals surface area contributed by atoms with Crippen LogP contribution in [0.3, 0.4) is 0 Å². The van der Waals surface area contributed by atoms with Crippen LogP contribution >= 0.6 is 11.3 Å². The fraction of sp³-hybridized carbons (Fsp3) is 0.118. The fourth-order valence-electron chi connectivity index (χ4n) is 2.33. The second kappa shape index (κ2) is 5.68. The minimum atomic E-state index is -0.291. The maximum Gasteiger partial charge on any atom is 0.348 e. The first-order chi connectivity index (χ1) is 10.2. The number of nitrogens with two attached hydrogens (primary N) is 1. The molecule has 0 radical (unpaired) electrons. The average molecular weight is 297 g/mol. The van der Waals surface area contributed by atoms with Gasteiger partial charge in [0.15, 0.2) is 0 Å². The molecule has 0 atom stereocenters. The van der Waals surface area contributed by atoms with E-state index in [1.54, 1.807) is 0 Å². The third kappa shape index (κ3) is 2.55. The molecule has 0 bridgehead atoms. The predicted octanol–water partition coefficient (Wildman–Crippen LogP) is 3.81. The molecule has 1 heterocycles. The van der Waals surface area contributed by atoms with Crippen molar-refractivity contribution in [1.29, 1.82) is 0 Å². The van der Waals surface area contributed by atoms with Crippen molar-refractivity contribution in [3.05, 3.63) is 59.0 Å². The van der Waals surface area contributed by atoms with Crippen LogP contribution < -0.4 is 5.73 Å². The van der Waals surface area contributed by atoms with E-state index in [0.717, 1.165) is 26.8 Å². The molecule has 1 aromatic heterocycles. The molecule has 106 valence electrons. The molecule has 0 saturated heterocycles. The van der Waals surface area contributed by atoms with Crippen molar-refractivity contribution in [3.63, 3.8) is 0 Å². The van der Waals surface area contributed by atoms with Gasteiger partial charge in [0, 0.05) is 16.6 Å². The maximum atomic E-state index is 11.7. The van der Waals surface area contributed by atoms with Crippen molar-refractivity contribution in [2.75, 3.05) is 7.11 Å². The van der Waals surface area contributed by atoms with Gasteiger partial charge in [0.05, 0.1) is 7.11 Å². The van der Waals surface area contributed by atoms with Crippen LogP contribution in [0, 0.1) is 0 Å². The SMILES string of the molecule is COC(=O)c1cc2c(-c3ccc(CN)cc3)cccc2s1. The van der Waals surface area contributed by atoms with Crippen LogP contribution in [-0.4, -0.2) is 13.1 Å². The molecule has 3 nitrogen and oxygen atoms in total. The van der Waals surface area contributed by atoms with Crippen molar-refractivity contribution in [3.8, 4) is 11.1 Å². The zero-order chi connectivity index (χ0) is 14.8. The van der Waals surface area contributed by atoms with Gasteiger partial charge in [-0.1, -0.05) is 36.4 Å². The van der Waals surface area contributed by atoms with Crippen LogP contribution in [0.2, 0.25) is 0 Å². The van der Waals surface area contributed by atoms with E-state index < -0.39 is 0 Å². The smallest absolute Gasteiger partial charge is 0.348 e. The second-order valence-electron chi connectivity index (χ2n) is 4.72. The molecule has 4 heteroatoms. The largest absolute Gasteiger partial charge is 0.465 e. The van der Waals surface area contributed by atoms with E-state index in [2.05, 4.69) is 18.2 Å². The minimum absolute atomic E-state index is 0.291. The number of fused-ring (bicyclic) bond motifs is 1. The van der Waals surface area contributed by atoms with Crippen LogP contribution in [0.4, 0.5) is 0 Å². The Morgan fingerprint density at radius 1 is 1.19 bits per heavy atom. The molecular weight excluding hydrogens is 282 g/mol. The number of esters is 1. The summed E-state index contributed by atoms with van der Waals surface area (Å²) >= 11 is 1.45. The highest BCUT2D eigenvalue weighted by Gasteiger charge is 2.13. The first-order valence-corrected chi connectivity index (χ1v) is 7.45. The van der Waals surface area contributed by atoms with E-state index in [0.29, 0.717) is 11.4 Å². The monoisotopic (exact) mass is 297 g/mol. The standard InChI is InChI=1S/C17H15NO2S/c1-20-17(19)16-9-14-13(3-2-4-15(14)21-16)12-7-5-11(10-18)6-8-12/h2-9H,10,18H2,1H3. The van der Waals surface area contributed by atoms with Crippen molar-refractivity contribution in [2.45, 2.75) is 6.54 Å². The molecule has 0 amide bonds. The summed E-state index contributed by atoms with van der Waals surface area (Å²) in [7, 11) is 1.40. The molecular formula is C17H15NO2S. The van der Waals surface area contributed by atoms with Gasteiger partial charge in [-0.3, -0.25) is 0 Å². The highest BCUT2D eigenvalue weighted by atomic mass is 32.1. The number of thiophene rings is 1. The lowest BCUT2D eigenvalue weighted by atomic mass is 10.0. The third-order valence-corrected chi connectivity index (χ3v) is 4.53. The topological polar surface area (TPSA) is 52.3 Å². The summed E-state index contributed by atoms with van der Waals surface area (Å²) in [5.41, 5.74) is 8.97. The average Bonchev–Trinajstić information content (AvgIpc) is 2.98. The van der Waals surface area contributed by atoms with Gasteiger partial charge < -0.3 is 10.5 Å². The number of rotatable bonds is 3. The van der Waals surface area contributed by atoms with Gasteiger partial charge in [0.25, 0.3) is 0 Å². The van der Waals surface area contributed by atoms with E-state index in [1.165, 1.54) is 18.4 Å². The minimum Gasteiger partial charge on any atom is -0.465 e. The van der Waals surface area contributed by atoms with E-state index >= 15 is 0 Å². The Hall–Kier alpha value is -2.17. The van der Waals surface area contributed by atoms with Crippen LogP contribution in [0.25, 0.3) is 21.2 Å². The lowest BCUT2D eigenvalue weighted by molar-refractivity contribution is 0.0606. The fourth-order valence-corrected chi connectivity index (χ4v) is 3.34. The highest BCUT2D eigenvalue weighted by molar-refractivity contribution is 7.20. The molecule has 2 aromatic carbocycles. The number of carbonyl (C=O) groups excluding carboxylic acids is 1. The van der Waals surface area contributed by atoms with Gasteiger partial charge in [0.1, 0.15) is 4.88 Å². The van der Waals surface area contributed by atoms with E-state index in [-0.39, 0.29) is 5.97 Å². The van der Waals surface area contributed by atoms with Gasteiger partial charge in [-0.05, 0) is 28.8 Å². The summed E-state index contributed by atoms with van der Waals surface area (Å²) in [6.45, 7) is 0.537. The Kier molecular flexibility index (Phi) is 3.73. The zero-order valence-electron chi connectivity index (χ0n) is 11.6. The summed E-state index contributed by atoms with van der Waals surface area (Å²) < 4.78 is 5.88. The number of benzene rings is 2. The zero-order valence-corrected chi connectivity index (χ0v) is 12.4. The molecule has 3 aromatic rings. The van der Waals surface area contributed by atoms with Crippen molar-refractivity contribution in [2.24, 2.45) is 5.73 Å². The van der Waals surface area contributed by atoms with Gasteiger partial charge in [-0.25, -0.2) is 4.79 Å². The molecule has 0 fully saturated rings. The van der Waals surface area contributed by atoms with Crippen molar-refractivity contribution in [1.82, 2.24) is 0 Å². The Morgan fingerprint density at radius 2 is 1.95 bits per heavy atom. The second-order valence-corrected chi connectivity index (χ2v) is 5.80. The number of hydrogen-bond acceptors (Lipinski definition) is 4. The normalized spacial score (nSPS) is 10.8. The molecule has 3 rings (SSSR count). The highest BCUT2D eigenvalue weighted by Crippen LogP contribution is 2.34. The molecule has 0 unspecified atom stereocenters. The Morgan fingerprint density at radius 3 is 2.62 bits per heavy atom. The summed E-state index contributed by atoms with van der Waals surface area (Å²) in [5, 5.41) is 1.07. The van der Waals surface area contributed by atoms with Crippen LogP contribution in [0.1, 0.15) is 15.2 Å². The number of hydrogen-bond donors (Lipinski definition) is 1. The van der Waals surface area contributed by atoms with Crippen LogP contribution in [0.15, 0.2) is 48.5 Å². The van der Waals surface area contributed by atoms with E-state index in [9.17, 15) is 4.79 Å². The number of carbonyl (C=O) groups is 1. The van der Waals surface area contributed by atoms with Gasteiger partial charge in [0.2, 0.25) is 0 Å². The molecule has 0 aliphatic rings. The molecule has 0 aliphatic carbocycles. The summed E-state index contributed by atoms with van der Waals surface area (Å²) in [6, 6.07) is 16.2. The number of methoxy groups -OCH3 is 1. The lowest BCUT2D eigenvalue weighted by Gasteiger charge is -2.04. The molecule has 2 N–H and O–H groups in total. The Labute approximate surface area is 127 Å². The first kappa shape index (κ1) is 13.8. The molecule has 0 aliphatic heterocycles. The Bertz CT molecular complexity index is 790. The first-order valence-electron chi connectivity index (χ1n) is 6.63. The number of ether oxygens (including phenoxy) is 1. The van der Waals surface area contributed by atoms with Crippen LogP contribution in [-0.2, 0) is 11.3 Å². The van der Waals surface area contributed by atoms with Gasteiger partial charge >= 0.3 is 5.97 Å². The lowest BCUT2D eigenvalue weighted by Crippen LogP contribution is -1.96. The van der Waals surface area contributed by atoms with Crippen molar-refractivity contribution < 1.29 is 9.53 Å². The van der Waals surface area contributed by atoms with Gasteiger partial charge in [-0.15, -0.1) is 11.3 Å². The summed E-state index contributed by atoms with van der Waals surface area (Å²) in [4.78, 5) is 12.3. The van der Waals surface area contributed by atoms with Gasteiger partial charge in [-0.2, -0.15) is 0 Å². The third-order valence-electron chi connectivity index (χ3n) is 3.45. The Balaban J connectivity index is 2.13. The summed E-state index contributed by atoms with van der Waals surface area (Å²) in [6.07, 6.45) is 0. The predicted molar refractivity (Wildman–Crippen MR) is 86.5 cm³/mol. The van der Waals surface area contributed by atoms with E-state index in [4.69, 9.17) is 10.5 Å². The molecule has 21 heavy (non-hydrogen) atoms. The molecule has 0 spiro atoms. The molecule has 0 saturated carbocycles. The van der Waals surface area contributed by atoms with E-state index in [1.807, 2.05) is 30.3 Å². The summed E-state index contributed by atoms with van der Waals surface area (Å²) in [5.74, 6) is -0.291.